The van der Waals surface area contributed by atoms with Crippen molar-refractivity contribution in [3.8, 4) is 6.07 Å². The van der Waals surface area contributed by atoms with Gasteiger partial charge in [-0.2, -0.15) is 5.26 Å². The van der Waals surface area contributed by atoms with Gasteiger partial charge in [-0.05, 0) is 12.1 Å². The molecule has 0 N–H and O–H groups in total. The Morgan fingerprint density at radius 1 is 1.47 bits per heavy atom. The van der Waals surface area contributed by atoms with Gasteiger partial charge >= 0.3 is 0 Å². The number of methoxy groups -OCH3 is 1. The Morgan fingerprint density at radius 2 is 2.18 bits per heavy atom. The van der Waals surface area contributed by atoms with Crippen LogP contribution in [0.4, 0.5) is 0 Å². The summed E-state index contributed by atoms with van der Waals surface area (Å²) in [7, 11) is 1.58. The van der Waals surface area contributed by atoms with E-state index in [0.717, 1.165) is 0 Å². The summed E-state index contributed by atoms with van der Waals surface area (Å²) in [6, 6.07) is 5.36. The number of amides is 1. The molecule has 1 aromatic heterocycles. The van der Waals surface area contributed by atoms with Crippen LogP contribution in [0.3, 0.4) is 0 Å². The quantitative estimate of drug-likeness (QED) is 0.737. The number of ether oxygens (including phenoxy) is 1. The number of hydrogen-bond acceptors (Lipinski definition) is 4. The summed E-state index contributed by atoms with van der Waals surface area (Å²) in [6.45, 7) is 1.36. The van der Waals surface area contributed by atoms with Gasteiger partial charge in [0.25, 0.3) is 5.91 Å². The predicted molar refractivity (Wildman–Crippen MR) is 62.2 cm³/mol. The highest BCUT2D eigenvalue weighted by atomic mass is 16.5. The molecule has 0 spiro atoms. The van der Waals surface area contributed by atoms with Crippen LogP contribution in [0.15, 0.2) is 24.5 Å². The molecular formula is C12H15N3O2. The number of nitriles is 1. The highest BCUT2D eigenvalue weighted by molar-refractivity contribution is 5.94. The Labute approximate surface area is 101 Å². The number of rotatable bonds is 6. The molecule has 0 saturated heterocycles. The minimum Gasteiger partial charge on any atom is -0.383 e. The van der Waals surface area contributed by atoms with E-state index >= 15 is 0 Å². The smallest absolute Gasteiger partial charge is 0.254 e. The molecule has 0 bridgehead atoms. The second-order valence-electron chi connectivity index (χ2n) is 3.43. The molecule has 1 amide bonds. The zero-order valence-electron chi connectivity index (χ0n) is 9.80. The molecule has 0 atom stereocenters. The minimum atomic E-state index is -0.0975. The van der Waals surface area contributed by atoms with E-state index in [1.165, 1.54) is 0 Å². The first-order valence-corrected chi connectivity index (χ1v) is 5.34. The highest BCUT2D eigenvalue weighted by Gasteiger charge is 2.14. The average Bonchev–Trinajstić information content (AvgIpc) is 2.39. The number of pyridine rings is 1. The van der Waals surface area contributed by atoms with Crippen molar-refractivity contribution >= 4 is 5.91 Å². The molecule has 0 aliphatic heterocycles. The number of aromatic nitrogens is 1. The highest BCUT2D eigenvalue weighted by Crippen LogP contribution is 2.04. The lowest BCUT2D eigenvalue weighted by atomic mass is 10.2. The SMILES string of the molecule is COCCN(CCC#N)C(=O)c1ccncc1. The maximum atomic E-state index is 12.1. The topological polar surface area (TPSA) is 66.2 Å². The fourth-order valence-electron chi connectivity index (χ4n) is 1.38. The van der Waals surface area contributed by atoms with E-state index in [2.05, 4.69) is 4.98 Å². The summed E-state index contributed by atoms with van der Waals surface area (Å²) in [5, 5.41) is 8.56. The number of carbonyl (C=O) groups is 1. The molecule has 5 nitrogen and oxygen atoms in total. The summed E-state index contributed by atoms with van der Waals surface area (Å²) in [6.07, 6.45) is 3.47. The number of carbonyl (C=O) groups excluding carboxylic acids is 1. The van der Waals surface area contributed by atoms with Crippen LogP contribution in [0, 0.1) is 11.3 Å². The maximum Gasteiger partial charge on any atom is 0.254 e. The molecular weight excluding hydrogens is 218 g/mol. The summed E-state index contributed by atoms with van der Waals surface area (Å²) in [5.41, 5.74) is 0.578. The summed E-state index contributed by atoms with van der Waals surface area (Å²) < 4.78 is 4.95. The Morgan fingerprint density at radius 3 is 2.76 bits per heavy atom. The lowest BCUT2D eigenvalue weighted by Crippen LogP contribution is -2.34. The van der Waals surface area contributed by atoms with Gasteiger partial charge in [0.1, 0.15) is 0 Å². The molecule has 0 unspecified atom stereocenters. The van der Waals surface area contributed by atoms with Gasteiger partial charge in [-0.25, -0.2) is 0 Å². The van der Waals surface area contributed by atoms with E-state index in [-0.39, 0.29) is 5.91 Å². The Hall–Kier alpha value is -1.93. The first-order valence-electron chi connectivity index (χ1n) is 5.34. The van der Waals surface area contributed by atoms with Crippen LogP contribution in [-0.2, 0) is 4.74 Å². The first-order chi connectivity index (χ1) is 8.29. The van der Waals surface area contributed by atoms with Crippen molar-refractivity contribution in [1.29, 1.82) is 5.26 Å². The van der Waals surface area contributed by atoms with E-state index in [4.69, 9.17) is 10.00 Å². The largest absolute Gasteiger partial charge is 0.383 e. The molecule has 1 heterocycles. The molecule has 0 radical (unpaired) electrons. The van der Waals surface area contributed by atoms with E-state index < -0.39 is 0 Å². The van der Waals surface area contributed by atoms with Crippen molar-refractivity contribution in [2.75, 3.05) is 26.8 Å². The molecule has 0 fully saturated rings. The van der Waals surface area contributed by atoms with Gasteiger partial charge in [0.15, 0.2) is 0 Å². The Balaban J connectivity index is 2.68. The van der Waals surface area contributed by atoms with Crippen LogP contribution in [-0.4, -0.2) is 42.6 Å². The van der Waals surface area contributed by atoms with Crippen LogP contribution in [0.2, 0.25) is 0 Å². The second-order valence-corrected chi connectivity index (χ2v) is 3.43. The van der Waals surface area contributed by atoms with Crippen LogP contribution < -0.4 is 0 Å². The van der Waals surface area contributed by atoms with E-state index in [1.54, 1.807) is 36.5 Å². The van der Waals surface area contributed by atoms with Crippen LogP contribution >= 0.6 is 0 Å². The Kier molecular flexibility index (Phi) is 5.69. The second kappa shape index (κ2) is 7.36. The van der Waals surface area contributed by atoms with Crippen molar-refractivity contribution in [1.82, 2.24) is 9.88 Å². The third-order valence-corrected chi connectivity index (χ3v) is 2.27. The standard InChI is InChI=1S/C12H15N3O2/c1-17-10-9-15(8-2-5-13)12(16)11-3-6-14-7-4-11/h3-4,6-7H,2,8-10H2,1H3. The van der Waals surface area contributed by atoms with Gasteiger partial charge in [-0.1, -0.05) is 0 Å². The third-order valence-electron chi connectivity index (χ3n) is 2.27. The first kappa shape index (κ1) is 13.1. The van der Waals surface area contributed by atoms with E-state index in [0.29, 0.717) is 31.7 Å². The molecule has 0 saturated carbocycles. The van der Waals surface area contributed by atoms with Crippen LogP contribution in [0.25, 0.3) is 0 Å². The van der Waals surface area contributed by atoms with Crippen molar-refractivity contribution in [3.63, 3.8) is 0 Å². The minimum absolute atomic E-state index is 0.0975. The zero-order chi connectivity index (χ0) is 12.5. The fraction of sp³-hybridized carbons (Fsp3) is 0.417. The third kappa shape index (κ3) is 4.21. The van der Waals surface area contributed by atoms with Gasteiger partial charge in [-0.3, -0.25) is 9.78 Å². The van der Waals surface area contributed by atoms with Gasteiger partial charge in [-0.15, -0.1) is 0 Å². The molecule has 5 heteroatoms. The van der Waals surface area contributed by atoms with Gasteiger partial charge in [0.05, 0.1) is 19.1 Å². The van der Waals surface area contributed by atoms with Crippen molar-refractivity contribution in [2.45, 2.75) is 6.42 Å². The maximum absolute atomic E-state index is 12.1. The van der Waals surface area contributed by atoms with Crippen molar-refractivity contribution in [3.05, 3.63) is 30.1 Å². The molecule has 0 aliphatic carbocycles. The number of nitrogens with zero attached hydrogens (tertiary/aromatic N) is 3. The van der Waals surface area contributed by atoms with Gasteiger partial charge < -0.3 is 9.64 Å². The number of hydrogen-bond donors (Lipinski definition) is 0. The van der Waals surface area contributed by atoms with E-state index in [9.17, 15) is 4.79 Å². The van der Waals surface area contributed by atoms with E-state index in [1.807, 2.05) is 6.07 Å². The van der Waals surface area contributed by atoms with Gasteiger partial charge in [0, 0.05) is 38.2 Å². The molecule has 90 valence electrons. The monoisotopic (exact) mass is 233 g/mol. The van der Waals surface area contributed by atoms with Crippen LogP contribution in [0.5, 0.6) is 0 Å². The molecule has 1 rings (SSSR count). The zero-order valence-corrected chi connectivity index (χ0v) is 9.80. The Bertz CT molecular complexity index is 386. The van der Waals surface area contributed by atoms with Gasteiger partial charge in [0.2, 0.25) is 0 Å². The summed E-state index contributed by atoms with van der Waals surface area (Å²) in [5.74, 6) is -0.0975. The summed E-state index contributed by atoms with van der Waals surface area (Å²) >= 11 is 0. The average molecular weight is 233 g/mol. The normalized spacial score (nSPS) is 9.65. The molecule has 1 aromatic rings. The fourth-order valence-corrected chi connectivity index (χ4v) is 1.38. The lowest BCUT2D eigenvalue weighted by Gasteiger charge is -2.21. The van der Waals surface area contributed by atoms with Crippen molar-refractivity contribution < 1.29 is 9.53 Å². The lowest BCUT2D eigenvalue weighted by molar-refractivity contribution is 0.0700. The van der Waals surface area contributed by atoms with Crippen molar-refractivity contribution in [2.24, 2.45) is 0 Å². The van der Waals surface area contributed by atoms with Crippen LogP contribution in [0.1, 0.15) is 16.8 Å². The molecule has 17 heavy (non-hydrogen) atoms. The summed E-state index contributed by atoms with van der Waals surface area (Å²) in [4.78, 5) is 17.6. The predicted octanol–water partition coefficient (Wildman–Crippen LogP) is 1.08. The molecule has 0 aliphatic rings. The molecule has 0 aromatic carbocycles.